The summed E-state index contributed by atoms with van der Waals surface area (Å²) in [7, 11) is -3.57. The molecule has 0 atom stereocenters. The zero-order valence-corrected chi connectivity index (χ0v) is 19.8. The van der Waals surface area contributed by atoms with E-state index in [1.807, 2.05) is 20.8 Å². The van der Waals surface area contributed by atoms with Gasteiger partial charge in [-0.1, -0.05) is 28.9 Å². The lowest BCUT2D eigenvalue weighted by Crippen LogP contribution is -2.50. The van der Waals surface area contributed by atoms with Crippen molar-refractivity contribution >= 4 is 15.9 Å². The van der Waals surface area contributed by atoms with Gasteiger partial charge in [0, 0.05) is 31.7 Å². The zero-order valence-electron chi connectivity index (χ0n) is 18.9. The first-order valence-corrected chi connectivity index (χ1v) is 12.2. The molecule has 0 bridgehead atoms. The maximum absolute atomic E-state index is 13.0. The third-order valence-electron chi connectivity index (χ3n) is 5.83. The van der Waals surface area contributed by atoms with Gasteiger partial charge in [-0.25, -0.2) is 8.42 Å². The number of nitrogens with zero attached hydrogens (tertiary/aromatic N) is 3. The number of hydrogen-bond donors (Lipinski definition) is 0. The molecule has 33 heavy (non-hydrogen) atoms. The van der Waals surface area contributed by atoms with Crippen LogP contribution in [0.4, 0.5) is 0 Å². The molecule has 0 unspecified atom stereocenters. The molecular formula is C24H27N3O5S. The summed E-state index contributed by atoms with van der Waals surface area (Å²) < 4.78 is 38.2. The lowest BCUT2D eigenvalue weighted by atomic mass is 10.1. The fourth-order valence-corrected chi connectivity index (χ4v) is 5.18. The number of sulfonamides is 1. The minimum absolute atomic E-state index is 0.148. The van der Waals surface area contributed by atoms with Gasteiger partial charge in [-0.05, 0) is 51.1 Å². The number of rotatable bonds is 6. The van der Waals surface area contributed by atoms with Crippen LogP contribution in [0.25, 0.3) is 0 Å². The maximum atomic E-state index is 13.0. The summed E-state index contributed by atoms with van der Waals surface area (Å²) in [4.78, 5) is 15.0. The monoisotopic (exact) mass is 469 g/mol. The predicted octanol–water partition coefficient (Wildman–Crippen LogP) is 3.33. The number of hydrogen-bond acceptors (Lipinski definition) is 6. The molecule has 0 saturated carbocycles. The standard InChI is InChI=1S/C24H27N3O5S/c1-17-7-9-22(10-8-17)33(29,30)27-13-11-26(12-14-27)24(28)20-5-4-6-21(15-20)31-16-23-18(2)25-32-19(23)3/h4-10,15H,11-14,16H2,1-3H3. The SMILES string of the molecule is Cc1ccc(S(=O)(=O)N2CCN(C(=O)c3cccc(OCc4c(C)noc4C)c3)CC2)cc1. The van der Waals surface area contributed by atoms with Crippen LogP contribution in [0.5, 0.6) is 5.75 Å². The second-order valence-corrected chi connectivity index (χ2v) is 10.1. The highest BCUT2D eigenvalue weighted by molar-refractivity contribution is 7.89. The third kappa shape index (κ3) is 4.94. The molecule has 1 aliphatic rings. The molecular weight excluding hydrogens is 442 g/mol. The molecule has 0 N–H and O–H groups in total. The quantitative estimate of drug-likeness (QED) is 0.550. The van der Waals surface area contributed by atoms with E-state index in [1.54, 1.807) is 53.4 Å². The number of benzene rings is 2. The lowest BCUT2D eigenvalue weighted by molar-refractivity contribution is 0.0697. The smallest absolute Gasteiger partial charge is 0.254 e. The summed E-state index contributed by atoms with van der Waals surface area (Å²) in [6, 6.07) is 13.8. The van der Waals surface area contributed by atoms with Gasteiger partial charge in [0.05, 0.1) is 16.2 Å². The third-order valence-corrected chi connectivity index (χ3v) is 7.74. The number of ether oxygens (including phenoxy) is 1. The molecule has 1 aromatic heterocycles. The van der Waals surface area contributed by atoms with E-state index >= 15 is 0 Å². The normalized spacial score (nSPS) is 14.9. The van der Waals surface area contributed by atoms with Crippen molar-refractivity contribution in [2.45, 2.75) is 32.3 Å². The van der Waals surface area contributed by atoms with E-state index in [2.05, 4.69) is 5.16 Å². The molecule has 4 rings (SSSR count). The van der Waals surface area contributed by atoms with E-state index < -0.39 is 10.0 Å². The van der Waals surface area contributed by atoms with E-state index in [-0.39, 0.29) is 23.9 Å². The van der Waals surface area contributed by atoms with Gasteiger partial charge in [0.1, 0.15) is 18.1 Å². The number of carbonyl (C=O) groups excluding carboxylic acids is 1. The summed E-state index contributed by atoms with van der Waals surface area (Å²) in [5, 5.41) is 3.92. The second kappa shape index (κ2) is 9.36. The first-order valence-electron chi connectivity index (χ1n) is 10.8. The van der Waals surface area contributed by atoms with Gasteiger partial charge in [0.2, 0.25) is 10.0 Å². The van der Waals surface area contributed by atoms with E-state index in [9.17, 15) is 13.2 Å². The van der Waals surface area contributed by atoms with E-state index in [0.29, 0.717) is 36.8 Å². The van der Waals surface area contributed by atoms with Crippen molar-refractivity contribution in [2.75, 3.05) is 26.2 Å². The highest BCUT2D eigenvalue weighted by Gasteiger charge is 2.30. The molecule has 2 heterocycles. The van der Waals surface area contributed by atoms with Gasteiger partial charge in [0.25, 0.3) is 5.91 Å². The van der Waals surface area contributed by atoms with E-state index in [4.69, 9.17) is 9.26 Å². The van der Waals surface area contributed by atoms with Crippen molar-refractivity contribution in [3.8, 4) is 5.75 Å². The van der Waals surface area contributed by atoms with Crippen molar-refractivity contribution in [2.24, 2.45) is 0 Å². The molecule has 2 aromatic carbocycles. The molecule has 8 nitrogen and oxygen atoms in total. The topological polar surface area (TPSA) is 93.0 Å². The Labute approximate surface area is 193 Å². The Bertz CT molecular complexity index is 1220. The molecule has 0 radical (unpaired) electrons. The number of aromatic nitrogens is 1. The number of piperazine rings is 1. The Balaban J connectivity index is 1.38. The largest absolute Gasteiger partial charge is 0.489 e. The van der Waals surface area contributed by atoms with Crippen LogP contribution >= 0.6 is 0 Å². The minimum Gasteiger partial charge on any atom is -0.489 e. The van der Waals surface area contributed by atoms with Crippen molar-refractivity contribution in [3.05, 3.63) is 76.7 Å². The van der Waals surface area contributed by atoms with Gasteiger partial charge >= 0.3 is 0 Å². The van der Waals surface area contributed by atoms with Gasteiger partial charge < -0.3 is 14.2 Å². The van der Waals surface area contributed by atoms with Crippen LogP contribution in [0.15, 0.2) is 57.9 Å². The summed E-state index contributed by atoms with van der Waals surface area (Å²) in [6.07, 6.45) is 0. The zero-order chi connectivity index (χ0) is 23.6. The molecule has 1 saturated heterocycles. The first-order chi connectivity index (χ1) is 15.8. The molecule has 0 aliphatic carbocycles. The Morgan fingerprint density at radius 2 is 1.73 bits per heavy atom. The van der Waals surface area contributed by atoms with E-state index in [1.165, 1.54) is 4.31 Å². The lowest BCUT2D eigenvalue weighted by Gasteiger charge is -2.34. The van der Waals surface area contributed by atoms with Crippen LogP contribution in [0.3, 0.4) is 0 Å². The van der Waals surface area contributed by atoms with Crippen LogP contribution in [0.1, 0.15) is 32.9 Å². The summed E-state index contributed by atoms with van der Waals surface area (Å²) in [6.45, 7) is 7.06. The number of amides is 1. The van der Waals surface area contributed by atoms with Crippen molar-refractivity contribution in [1.29, 1.82) is 0 Å². The predicted molar refractivity (Wildman–Crippen MR) is 123 cm³/mol. The van der Waals surface area contributed by atoms with Crippen LogP contribution < -0.4 is 4.74 Å². The molecule has 1 aliphatic heterocycles. The van der Waals surface area contributed by atoms with Crippen LogP contribution in [0.2, 0.25) is 0 Å². The van der Waals surface area contributed by atoms with Gasteiger partial charge in [0.15, 0.2) is 0 Å². The molecule has 3 aromatic rings. The molecule has 174 valence electrons. The van der Waals surface area contributed by atoms with Crippen molar-refractivity contribution in [1.82, 2.24) is 14.4 Å². The Morgan fingerprint density at radius 3 is 2.36 bits per heavy atom. The highest BCUT2D eigenvalue weighted by atomic mass is 32.2. The Morgan fingerprint density at radius 1 is 1.03 bits per heavy atom. The van der Waals surface area contributed by atoms with Crippen molar-refractivity contribution in [3.63, 3.8) is 0 Å². The van der Waals surface area contributed by atoms with Crippen LogP contribution in [-0.4, -0.2) is 54.9 Å². The molecule has 9 heteroatoms. The molecule has 1 amide bonds. The Hall–Kier alpha value is -3.17. The van der Waals surface area contributed by atoms with Gasteiger partial charge in [-0.3, -0.25) is 4.79 Å². The number of aryl methyl sites for hydroxylation is 3. The minimum atomic E-state index is -3.57. The average molecular weight is 470 g/mol. The van der Waals surface area contributed by atoms with Gasteiger partial charge in [-0.15, -0.1) is 0 Å². The number of carbonyl (C=O) groups is 1. The van der Waals surface area contributed by atoms with Crippen molar-refractivity contribution < 1.29 is 22.5 Å². The average Bonchev–Trinajstić information content (AvgIpc) is 3.15. The summed E-state index contributed by atoms with van der Waals surface area (Å²) in [5.41, 5.74) is 3.17. The van der Waals surface area contributed by atoms with E-state index in [0.717, 1.165) is 16.8 Å². The van der Waals surface area contributed by atoms with Gasteiger partial charge in [-0.2, -0.15) is 4.31 Å². The Kier molecular flexibility index (Phi) is 6.53. The second-order valence-electron chi connectivity index (χ2n) is 8.13. The molecule has 1 fully saturated rings. The summed E-state index contributed by atoms with van der Waals surface area (Å²) in [5.74, 6) is 1.13. The summed E-state index contributed by atoms with van der Waals surface area (Å²) >= 11 is 0. The fourth-order valence-electron chi connectivity index (χ4n) is 3.76. The fraction of sp³-hybridized carbons (Fsp3) is 0.333. The highest BCUT2D eigenvalue weighted by Crippen LogP contribution is 2.22. The first kappa shape index (κ1) is 23.0. The van der Waals surface area contributed by atoms with Crippen LogP contribution in [0, 0.1) is 20.8 Å². The maximum Gasteiger partial charge on any atom is 0.254 e. The van der Waals surface area contributed by atoms with Crippen LogP contribution in [-0.2, 0) is 16.6 Å². The molecule has 0 spiro atoms.